The van der Waals surface area contributed by atoms with Gasteiger partial charge in [-0.1, -0.05) is 36.4 Å². The third-order valence-electron chi connectivity index (χ3n) is 4.28. The quantitative estimate of drug-likeness (QED) is 0.385. The number of rotatable bonds is 5. The standard InChI is InChI=1S/C14H10O4.C7H6N2O5/c15-13(16)11-7-3-1-5-9(11)10-6-2-4-8-12(10)14(17)18;1-4-2-5(8(11)12)3-6(7(4)10)9(13)14/h1-8H,(H,15,16)(H,17,18);2-3,10H,1H3. The molecule has 0 saturated carbocycles. The van der Waals surface area contributed by atoms with Crippen LogP contribution >= 0.6 is 0 Å². The van der Waals surface area contributed by atoms with Crippen LogP contribution in [0.2, 0.25) is 0 Å². The summed E-state index contributed by atoms with van der Waals surface area (Å²) in [5.74, 6) is -2.70. The number of hydrogen-bond donors (Lipinski definition) is 3. The van der Waals surface area contributed by atoms with Crippen LogP contribution in [0.5, 0.6) is 5.75 Å². The molecule has 0 spiro atoms. The fourth-order valence-corrected chi connectivity index (χ4v) is 2.80. The first kappa shape index (κ1) is 23.5. The highest BCUT2D eigenvalue weighted by Gasteiger charge is 2.21. The van der Waals surface area contributed by atoms with E-state index in [4.69, 9.17) is 10.2 Å². The molecule has 0 aliphatic carbocycles. The van der Waals surface area contributed by atoms with E-state index in [2.05, 4.69) is 0 Å². The van der Waals surface area contributed by atoms with E-state index in [0.717, 1.165) is 12.1 Å². The van der Waals surface area contributed by atoms with Crippen molar-refractivity contribution in [2.45, 2.75) is 6.92 Å². The summed E-state index contributed by atoms with van der Waals surface area (Å²) in [6, 6.07) is 14.5. The van der Waals surface area contributed by atoms with E-state index >= 15 is 0 Å². The Balaban J connectivity index is 0.000000235. The number of nitro groups is 2. The Bertz CT molecular complexity index is 1170. The number of aryl methyl sites for hydroxylation is 1. The van der Waals surface area contributed by atoms with E-state index in [1.165, 1.54) is 19.1 Å². The van der Waals surface area contributed by atoms with Crippen molar-refractivity contribution in [1.29, 1.82) is 0 Å². The van der Waals surface area contributed by atoms with Crippen LogP contribution < -0.4 is 0 Å². The summed E-state index contributed by atoms with van der Waals surface area (Å²) >= 11 is 0. The zero-order valence-electron chi connectivity index (χ0n) is 16.5. The van der Waals surface area contributed by atoms with Crippen LogP contribution in [0.15, 0.2) is 60.7 Å². The number of aromatic carboxylic acids is 2. The van der Waals surface area contributed by atoms with Gasteiger partial charge >= 0.3 is 17.6 Å². The van der Waals surface area contributed by atoms with E-state index in [9.17, 15) is 34.9 Å². The van der Waals surface area contributed by atoms with Crippen LogP contribution in [-0.2, 0) is 0 Å². The van der Waals surface area contributed by atoms with Crippen molar-refractivity contribution in [2.24, 2.45) is 0 Å². The van der Waals surface area contributed by atoms with Crippen molar-refractivity contribution < 1.29 is 34.8 Å². The summed E-state index contributed by atoms with van der Waals surface area (Å²) in [5, 5.41) is 48.1. The zero-order chi connectivity index (χ0) is 24.0. The molecule has 0 heterocycles. The minimum Gasteiger partial charge on any atom is -0.502 e. The lowest BCUT2D eigenvalue weighted by Crippen LogP contribution is -2.03. The first-order valence-corrected chi connectivity index (χ1v) is 8.82. The molecule has 0 aliphatic rings. The molecule has 0 amide bonds. The lowest BCUT2D eigenvalue weighted by atomic mass is 9.95. The molecule has 3 aromatic rings. The van der Waals surface area contributed by atoms with Gasteiger partial charge in [0, 0.05) is 11.6 Å². The molecule has 3 N–H and O–H groups in total. The highest BCUT2D eigenvalue weighted by Crippen LogP contribution is 2.33. The topological polar surface area (TPSA) is 181 Å². The molecule has 0 saturated heterocycles. The average molecular weight is 440 g/mol. The molecule has 164 valence electrons. The van der Waals surface area contributed by atoms with Gasteiger partial charge in [-0.3, -0.25) is 20.2 Å². The zero-order valence-corrected chi connectivity index (χ0v) is 16.5. The maximum atomic E-state index is 11.1. The van der Waals surface area contributed by atoms with Crippen molar-refractivity contribution in [1.82, 2.24) is 0 Å². The molecule has 0 bridgehead atoms. The highest BCUT2D eigenvalue weighted by molar-refractivity contribution is 6.02. The number of carbonyl (C=O) groups is 2. The van der Waals surface area contributed by atoms with E-state index in [-0.39, 0.29) is 16.7 Å². The summed E-state index contributed by atoms with van der Waals surface area (Å²) in [7, 11) is 0. The van der Waals surface area contributed by atoms with Crippen LogP contribution in [0.1, 0.15) is 26.3 Å². The molecular weight excluding hydrogens is 424 g/mol. The second kappa shape index (κ2) is 9.80. The molecule has 0 aliphatic heterocycles. The maximum absolute atomic E-state index is 11.1. The summed E-state index contributed by atoms with van der Waals surface area (Å²) in [5.41, 5.74) is 0.0259. The van der Waals surface area contributed by atoms with Crippen LogP contribution in [0.3, 0.4) is 0 Å². The third kappa shape index (κ3) is 5.21. The number of nitro benzene ring substituents is 2. The number of nitrogens with zero attached hydrogens (tertiary/aromatic N) is 2. The predicted octanol–water partition coefficient (Wildman–Crippen LogP) is 4.27. The first-order chi connectivity index (χ1) is 15.0. The Kier molecular flexibility index (Phi) is 7.19. The fraction of sp³-hybridized carbons (Fsp3) is 0.0476. The van der Waals surface area contributed by atoms with Crippen LogP contribution in [0, 0.1) is 27.2 Å². The smallest absolute Gasteiger partial charge is 0.336 e. The molecule has 3 rings (SSSR count). The number of carboxylic acid groups (broad SMARTS) is 2. The van der Waals surface area contributed by atoms with Gasteiger partial charge in [-0.2, -0.15) is 0 Å². The maximum Gasteiger partial charge on any atom is 0.336 e. The Hall–Kier alpha value is -4.80. The molecule has 0 unspecified atom stereocenters. The van der Waals surface area contributed by atoms with Gasteiger partial charge < -0.3 is 15.3 Å². The van der Waals surface area contributed by atoms with Crippen LogP contribution in [-0.4, -0.2) is 37.1 Å². The normalized spacial score (nSPS) is 9.91. The molecule has 3 aromatic carbocycles. The van der Waals surface area contributed by atoms with Crippen molar-refractivity contribution in [2.75, 3.05) is 0 Å². The third-order valence-corrected chi connectivity index (χ3v) is 4.28. The summed E-state index contributed by atoms with van der Waals surface area (Å²) in [6.45, 7) is 1.36. The number of hydrogen-bond acceptors (Lipinski definition) is 7. The van der Waals surface area contributed by atoms with Gasteiger partial charge in [0.25, 0.3) is 5.69 Å². The van der Waals surface area contributed by atoms with Crippen molar-refractivity contribution >= 4 is 23.3 Å². The largest absolute Gasteiger partial charge is 0.502 e. The summed E-state index contributed by atoms with van der Waals surface area (Å²) in [6.07, 6.45) is 0. The van der Waals surface area contributed by atoms with Gasteiger partial charge in [0.15, 0.2) is 5.75 Å². The second-order valence-electron chi connectivity index (χ2n) is 6.35. The minimum absolute atomic E-state index is 0.0891. The summed E-state index contributed by atoms with van der Waals surface area (Å²) < 4.78 is 0. The summed E-state index contributed by atoms with van der Waals surface area (Å²) in [4.78, 5) is 41.4. The molecule has 32 heavy (non-hydrogen) atoms. The Morgan fingerprint density at radius 2 is 1.22 bits per heavy atom. The van der Waals surface area contributed by atoms with Gasteiger partial charge in [0.05, 0.1) is 27.0 Å². The molecule has 11 nitrogen and oxygen atoms in total. The number of non-ortho nitro benzene ring substituents is 1. The molecule has 0 aromatic heterocycles. The monoisotopic (exact) mass is 440 g/mol. The van der Waals surface area contributed by atoms with Gasteiger partial charge in [-0.15, -0.1) is 0 Å². The van der Waals surface area contributed by atoms with Gasteiger partial charge in [0.2, 0.25) is 0 Å². The second-order valence-corrected chi connectivity index (χ2v) is 6.35. The van der Waals surface area contributed by atoms with Crippen molar-refractivity contribution in [3.63, 3.8) is 0 Å². The number of aromatic hydroxyl groups is 1. The lowest BCUT2D eigenvalue weighted by Gasteiger charge is -2.08. The van der Waals surface area contributed by atoms with E-state index < -0.39 is 38.9 Å². The van der Waals surface area contributed by atoms with E-state index in [0.29, 0.717) is 11.1 Å². The fourth-order valence-electron chi connectivity index (χ4n) is 2.80. The van der Waals surface area contributed by atoms with Crippen LogP contribution in [0.4, 0.5) is 11.4 Å². The van der Waals surface area contributed by atoms with E-state index in [1.54, 1.807) is 36.4 Å². The van der Waals surface area contributed by atoms with Gasteiger partial charge in [-0.05, 0) is 30.2 Å². The molecule has 0 radical (unpaired) electrons. The lowest BCUT2D eigenvalue weighted by molar-refractivity contribution is -0.394. The molecule has 0 atom stereocenters. The van der Waals surface area contributed by atoms with Gasteiger partial charge in [-0.25, -0.2) is 9.59 Å². The molecule has 0 fully saturated rings. The SMILES string of the molecule is Cc1cc([N+](=O)[O-])cc([N+](=O)[O-])c1O.O=C(O)c1ccccc1-c1ccccc1C(=O)O. The van der Waals surface area contributed by atoms with E-state index in [1.807, 2.05) is 0 Å². The van der Waals surface area contributed by atoms with Crippen molar-refractivity contribution in [3.05, 3.63) is 97.6 Å². The number of carboxylic acids is 2. The Morgan fingerprint density at radius 1 is 0.781 bits per heavy atom. The number of benzene rings is 3. The number of phenols is 1. The Morgan fingerprint density at radius 3 is 1.59 bits per heavy atom. The number of phenolic OH excluding ortho intramolecular Hbond substituents is 1. The average Bonchev–Trinajstić information content (AvgIpc) is 2.75. The highest BCUT2D eigenvalue weighted by atomic mass is 16.6. The molecular formula is C21H16N2O9. The van der Waals surface area contributed by atoms with Crippen LogP contribution in [0.25, 0.3) is 11.1 Å². The Labute approximate surface area is 180 Å². The van der Waals surface area contributed by atoms with Crippen molar-refractivity contribution in [3.8, 4) is 16.9 Å². The van der Waals surface area contributed by atoms with Gasteiger partial charge in [0.1, 0.15) is 0 Å². The minimum atomic E-state index is -1.08. The predicted molar refractivity (Wildman–Crippen MR) is 112 cm³/mol. The first-order valence-electron chi connectivity index (χ1n) is 8.82. The molecule has 11 heteroatoms.